The van der Waals surface area contributed by atoms with Crippen molar-refractivity contribution in [3.63, 3.8) is 0 Å². The molecule has 2 aromatic carbocycles. The van der Waals surface area contributed by atoms with E-state index in [1.54, 1.807) is 24.0 Å². The third-order valence-electron chi connectivity index (χ3n) is 9.26. The van der Waals surface area contributed by atoms with Gasteiger partial charge in [-0.25, -0.2) is 4.79 Å². The highest BCUT2D eigenvalue weighted by molar-refractivity contribution is 6.34. The lowest BCUT2D eigenvalue weighted by Crippen LogP contribution is -2.44. The van der Waals surface area contributed by atoms with Crippen LogP contribution >= 0.6 is 23.2 Å². The van der Waals surface area contributed by atoms with Crippen LogP contribution in [-0.2, 0) is 14.4 Å². The number of hydrogen-bond donors (Lipinski definition) is 1. The number of fused-ring (bicyclic) bond motifs is 1. The minimum atomic E-state index is -1.09. The molecular weight excluding hydrogens is 619 g/mol. The van der Waals surface area contributed by atoms with Gasteiger partial charge < -0.3 is 29.4 Å². The molecular formula is C33H40Cl2N4O6. The third kappa shape index (κ3) is 7.91. The predicted octanol–water partition coefficient (Wildman–Crippen LogP) is 4.45. The van der Waals surface area contributed by atoms with Crippen LogP contribution in [0.4, 0.5) is 5.69 Å². The predicted molar refractivity (Wildman–Crippen MR) is 172 cm³/mol. The van der Waals surface area contributed by atoms with Crippen LogP contribution in [0.2, 0.25) is 10.0 Å². The zero-order valence-corrected chi connectivity index (χ0v) is 27.2. The van der Waals surface area contributed by atoms with Crippen molar-refractivity contribution in [3.05, 3.63) is 57.6 Å². The van der Waals surface area contributed by atoms with Gasteiger partial charge in [-0.1, -0.05) is 29.3 Å². The standard InChI is InChI=1S/C33H40Cl2N4O6/c1-21-4-5-26(14-29(21)34)39(32(43)23-8-12-37(13-9-23)22(2)40)11-3-10-36-16-24-18-38(19-25(24)17-36)33(44)28-7-6-27(15-30(28)35)45-20-31(41)42/h4-7,14-15,23-25H,3,8-13,16-20H2,1-2H3,(H,41,42). The number of carbonyl (C=O) groups excluding carboxylic acids is 3. The summed E-state index contributed by atoms with van der Waals surface area (Å²) in [6, 6.07) is 10.4. The van der Waals surface area contributed by atoms with E-state index in [2.05, 4.69) is 4.90 Å². The van der Waals surface area contributed by atoms with Crippen molar-refractivity contribution in [1.29, 1.82) is 0 Å². The molecule has 0 bridgehead atoms. The summed E-state index contributed by atoms with van der Waals surface area (Å²) >= 11 is 12.8. The quantitative estimate of drug-likeness (QED) is 0.402. The van der Waals surface area contributed by atoms with Gasteiger partial charge >= 0.3 is 5.97 Å². The first kappa shape index (κ1) is 33.0. The van der Waals surface area contributed by atoms with Crippen LogP contribution in [0.1, 0.15) is 42.1 Å². The van der Waals surface area contributed by atoms with Gasteiger partial charge in [-0.05, 0) is 80.5 Å². The summed E-state index contributed by atoms with van der Waals surface area (Å²) in [6.07, 6.45) is 2.12. The Morgan fingerprint density at radius 3 is 2.22 bits per heavy atom. The Bertz CT molecular complexity index is 1430. The van der Waals surface area contributed by atoms with E-state index in [0.29, 0.717) is 73.7 Å². The van der Waals surface area contributed by atoms with Gasteiger partial charge in [0.1, 0.15) is 5.75 Å². The van der Waals surface area contributed by atoms with E-state index in [1.165, 1.54) is 6.07 Å². The SMILES string of the molecule is CC(=O)N1CCC(C(=O)N(CCCN2CC3CN(C(=O)c4ccc(OCC(=O)O)cc4Cl)CC3C2)c2ccc(C)c(Cl)c2)CC1. The highest BCUT2D eigenvalue weighted by atomic mass is 35.5. The molecule has 3 amide bonds. The first-order valence-corrected chi connectivity index (χ1v) is 16.2. The largest absolute Gasteiger partial charge is 0.482 e. The Kier molecular flexibility index (Phi) is 10.6. The van der Waals surface area contributed by atoms with Crippen molar-refractivity contribution in [3.8, 4) is 5.75 Å². The Morgan fingerprint density at radius 1 is 0.933 bits per heavy atom. The fourth-order valence-electron chi connectivity index (χ4n) is 6.74. The number of rotatable bonds is 10. The molecule has 1 N–H and O–H groups in total. The second kappa shape index (κ2) is 14.4. The van der Waals surface area contributed by atoms with Crippen molar-refractivity contribution in [2.45, 2.75) is 33.1 Å². The molecule has 242 valence electrons. The molecule has 3 heterocycles. The summed E-state index contributed by atoms with van der Waals surface area (Å²) in [5, 5.41) is 9.67. The summed E-state index contributed by atoms with van der Waals surface area (Å²) in [5.74, 6) is -0.176. The molecule has 3 saturated heterocycles. The molecule has 2 unspecified atom stereocenters. The maximum Gasteiger partial charge on any atom is 0.341 e. The van der Waals surface area contributed by atoms with Crippen molar-refractivity contribution < 1.29 is 29.0 Å². The molecule has 45 heavy (non-hydrogen) atoms. The van der Waals surface area contributed by atoms with Crippen LogP contribution in [-0.4, -0.2) is 102 Å². The Morgan fingerprint density at radius 2 is 1.62 bits per heavy atom. The van der Waals surface area contributed by atoms with Crippen molar-refractivity contribution in [2.24, 2.45) is 17.8 Å². The van der Waals surface area contributed by atoms with Gasteiger partial charge in [0.2, 0.25) is 11.8 Å². The monoisotopic (exact) mass is 658 g/mol. The molecule has 10 nitrogen and oxygen atoms in total. The summed E-state index contributed by atoms with van der Waals surface area (Å²) in [7, 11) is 0. The molecule has 3 aliphatic heterocycles. The topological polar surface area (TPSA) is 111 Å². The first-order chi connectivity index (χ1) is 21.5. The second-order valence-electron chi connectivity index (χ2n) is 12.4. The van der Waals surface area contributed by atoms with Gasteiger partial charge in [-0.2, -0.15) is 0 Å². The Hall–Kier alpha value is -3.34. The maximum atomic E-state index is 13.8. The Labute approximate surface area is 273 Å². The van der Waals surface area contributed by atoms with Crippen LogP contribution in [0.3, 0.4) is 0 Å². The van der Waals surface area contributed by atoms with Gasteiger partial charge in [0.15, 0.2) is 6.61 Å². The molecule has 3 fully saturated rings. The highest BCUT2D eigenvalue weighted by Gasteiger charge is 2.42. The Balaban J connectivity index is 1.14. The van der Waals surface area contributed by atoms with Crippen molar-refractivity contribution >= 4 is 52.6 Å². The summed E-state index contributed by atoms with van der Waals surface area (Å²) in [5.41, 5.74) is 2.14. The number of nitrogens with zero attached hydrogens (tertiary/aromatic N) is 4. The van der Waals surface area contributed by atoms with Gasteiger partial charge in [-0.3, -0.25) is 14.4 Å². The molecule has 0 spiro atoms. The van der Waals surface area contributed by atoms with E-state index in [9.17, 15) is 19.2 Å². The maximum absolute atomic E-state index is 13.8. The average molecular weight is 660 g/mol. The molecule has 0 radical (unpaired) electrons. The van der Waals surface area contributed by atoms with Crippen LogP contribution < -0.4 is 9.64 Å². The number of carboxylic acids is 1. The number of halogens is 2. The molecule has 0 aromatic heterocycles. The lowest BCUT2D eigenvalue weighted by molar-refractivity contribution is -0.139. The van der Waals surface area contributed by atoms with E-state index in [-0.39, 0.29) is 28.7 Å². The second-order valence-corrected chi connectivity index (χ2v) is 13.2. The number of aryl methyl sites for hydroxylation is 1. The van der Waals surface area contributed by atoms with Crippen LogP contribution in [0.5, 0.6) is 5.75 Å². The van der Waals surface area contributed by atoms with Gasteiger partial charge in [0.25, 0.3) is 5.91 Å². The van der Waals surface area contributed by atoms with Gasteiger partial charge in [0.05, 0.1) is 10.6 Å². The van der Waals surface area contributed by atoms with Crippen molar-refractivity contribution in [2.75, 3.05) is 63.9 Å². The zero-order chi connectivity index (χ0) is 32.2. The summed E-state index contributed by atoms with van der Waals surface area (Å²) in [4.78, 5) is 57.5. The normalized spacial score (nSPS) is 20.3. The minimum absolute atomic E-state index is 0.0495. The molecule has 3 aliphatic rings. The number of hydrogen-bond acceptors (Lipinski definition) is 6. The van der Waals surface area contributed by atoms with E-state index < -0.39 is 12.6 Å². The molecule has 12 heteroatoms. The average Bonchev–Trinajstić information content (AvgIpc) is 3.58. The van der Waals surface area contributed by atoms with E-state index >= 15 is 0 Å². The number of piperidine rings is 1. The number of amides is 3. The number of benzene rings is 2. The minimum Gasteiger partial charge on any atom is -0.482 e. The summed E-state index contributed by atoms with van der Waals surface area (Å²) in [6.45, 7) is 8.73. The van der Waals surface area contributed by atoms with E-state index in [4.69, 9.17) is 33.0 Å². The van der Waals surface area contributed by atoms with Gasteiger partial charge in [-0.15, -0.1) is 0 Å². The number of carbonyl (C=O) groups is 4. The van der Waals surface area contributed by atoms with Crippen LogP contribution in [0.25, 0.3) is 0 Å². The number of likely N-dealkylation sites (tertiary alicyclic amines) is 3. The van der Waals surface area contributed by atoms with Crippen LogP contribution in [0, 0.1) is 24.7 Å². The number of ether oxygens (including phenoxy) is 1. The number of carboxylic acid groups (broad SMARTS) is 1. The molecule has 2 aromatic rings. The summed E-state index contributed by atoms with van der Waals surface area (Å²) < 4.78 is 5.16. The number of anilines is 1. The molecule has 0 saturated carbocycles. The van der Waals surface area contributed by atoms with Crippen molar-refractivity contribution in [1.82, 2.24) is 14.7 Å². The lowest BCUT2D eigenvalue weighted by atomic mass is 9.94. The van der Waals surface area contributed by atoms with Gasteiger partial charge in [0, 0.05) is 69.4 Å². The smallest absolute Gasteiger partial charge is 0.341 e. The lowest BCUT2D eigenvalue weighted by Gasteiger charge is -2.34. The van der Waals surface area contributed by atoms with Crippen LogP contribution in [0.15, 0.2) is 36.4 Å². The third-order valence-corrected chi connectivity index (χ3v) is 9.98. The molecule has 5 rings (SSSR count). The molecule has 0 aliphatic carbocycles. The fourth-order valence-corrected chi connectivity index (χ4v) is 7.17. The zero-order valence-electron chi connectivity index (χ0n) is 25.7. The first-order valence-electron chi connectivity index (χ1n) is 15.5. The van der Waals surface area contributed by atoms with E-state index in [1.807, 2.05) is 34.9 Å². The van der Waals surface area contributed by atoms with E-state index in [0.717, 1.165) is 37.3 Å². The number of aliphatic carboxylic acids is 1. The molecule has 2 atom stereocenters. The highest BCUT2D eigenvalue weighted by Crippen LogP contribution is 2.34. The fraction of sp³-hybridized carbons (Fsp3) is 0.515.